The van der Waals surface area contributed by atoms with Crippen molar-refractivity contribution in [1.82, 2.24) is 4.90 Å². The highest BCUT2D eigenvalue weighted by molar-refractivity contribution is 5.96. The van der Waals surface area contributed by atoms with Crippen LogP contribution in [0.3, 0.4) is 0 Å². The Labute approximate surface area is 109 Å². The fourth-order valence-corrected chi connectivity index (χ4v) is 2.21. The van der Waals surface area contributed by atoms with Crippen LogP contribution in [-0.2, 0) is 11.2 Å². The molecule has 1 saturated heterocycles. The zero-order valence-corrected chi connectivity index (χ0v) is 10.1. The Morgan fingerprint density at radius 3 is 2.89 bits per heavy atom. The molecule has 2 N–H and O–H groups in total. The third-order valence-corrected chi connectivity index (χ3v) is 3.22. The number of nitrogens with zero attached hydrogens (tertiary/aromatic N) is 2. The first-order chi connectivity index (χ1) is 9.02. The second kappa shape index (κ2) is 5.06. The molecule has 0 bridgehead atoms. The fraction of sp³-hybridized carbons (Fsp3) is 0.308. The van der Waals surface area contributed by atoms with Crippen molar-refractivity contribution < 1.29 is 14.0 Å². The van der Waals surface area contributed by atoms with Crippen molar-refractivity contribution in [1.29, 1.82) is 5.26 Å². The first kappa shape index (κ1) is 13.0. The quantitative estimate of drug-likeness (QED) is 0.866. The number of nitriles is 1. The maximum Gasteiger partial charge on any atom is 0.321 e. The molecule has 1 atom stereocenters. The molecule has 1 unspecified atom stereocenters. The van der Waals surface area contributed by atoms with Gasteiger partial charge in [0.05, 0.1) is 11.6 Å². The highest BCUT2D eigenvalue weighted by Gasteiger charge is 2.34. The topological polar surface area (TPSA) is 87.2 Å². The summed E-state index contributed by atoms with van der Waals surface area (Å²) >= 11 is 0. The van der Waals surface area contributed by atoms with E-state index in [-0.39, 0.29) is 18.9 Å². The number of hydrogen-bond donors (Lipinski definition) is 1. The molecule has 1 fully saturated rings. The van der Waals surface area contributed by atoms with Crippen LogP contribution in [0.15, 0.2) is 18.2 Å². The van der Waals surface area contributed by atoms with Gasteiger partial charge in [0.15, 0.2) is 0 Å². The molecule has 0 aliphatic carbocycles. The molecule has 19 heavy (non-hydrogen) atoms. The van der Waals surface area contributed by atoms with Gasteiger partial charge in [-0.1, -0.05) is 0 Å². The van der Waals surface area contributed by atoms with Crippen LogP contribution in [0.2, 0.25) is 0 Å². The SMILES string of the molecule is N#Cc1ccc(F)c(CC2CCN(C(N)=O)C2=O)c1. The molecule has 3 amide bonds. The van der Waals surface area contributed by atoms with Gasteiger partial charge in [-0.25, -0.2) is 9.18 Å². The molecule has 0 aromatic heterocycles. The van der Waals surface area contributed by atoms with Gasteiger partial charge in [0, 0.05) is 12.5 Å². The zero-order valence-electron chi connectivity index (χ0n) is 10.1. The number of hydrogen-bond acceptors (Lipinski definition) is 3. The van der Waals surface area contributed by atoms with Gasteiger partial charge < -0.3 is 5.73 Å². The minimum Gasteiger partial charge on any atom is -0.351 e. The van der Waals surface area contributed by atoms with E-state index < -0.39 is 17.8 Å². The van der Waals surface area contributed by atoms with E-state index in [0.29, 0.717) is 17.5 Å². The standard InChI is InChI=1S/C13H12FN3O2/c14-11-2-1-8(7-15)5-10(11)6-9-3-4-17(12(9)18)13(16)19/h1-2,5,9H,3-4,6H2,(H2,16,19). The summed E-state index contributed by atoms with van der Waals surface area (Å²) in [5.41, 5.74) is 5.72. The van der Waals surface area contributed by atoms with Gasteiger partial charge in [0.2, 0.25) is 5.91 Å². The molecule has 0 spiro atoms. The summed E-state index contributed by atoms with van der Waals surface area (Å²) in [6, 6.07) is 5.16. The van der Waals surface area contributed by atoms with Crippen molar-refractivity contribution in [2.75, 3.05) is 6.54 Å². The van der Waals surface area contributed by atoms with Crippen molar-refractivity contribution in [3.05, 3.63) is 35.1 Å². The van der Waals surface area contributed by atoms with Gasteiger partial charge in [0.1, 0.15) is 5.82 Å². The predicted molar refractivity (Wildman–Crippen MR) is 64.2 cm³/mol. The molecule has 1 aromatic carbocycles. The number of urea groups is 1. The molecule has 0 saturated carbocycles. The van der Waals surface area contributed by atoms with E-state index in [1.54, 1.807) is 0 Å². The van der Waals surface area contributed by atoms with Crippen LogP contribution in [0, 0.1) is 23.1 Å². The maximum atomic E-state index is 13.6. The maximum absolute atomic E-state index is 13.6. The van der Waals surface area contributed by atoms with E-state index in [4.69, 9.17) is 11.0 Å². The number of carbonyl (C=O) groups excluding carboxylic acids is 2. The van der Waals surface area contributed by atoms with Crippen molar-refractivity contribution in [3.63, 3.8) is 0 Å². The molecule has 1 aliphatic heterocycles. The Kier molecular flexibility index (Phi) is 3.47. The number of nitrogens with two attached hydrogens (primary N) is 1. The lowest BCUT2D eigenvalue weighted by molar-refractivity contribution is -0.128. The minimum absolute atomic E-state index is 0.171. The van der Waals surface area contributed by atoms with Gasteiger partial charge in [-0.2, -0.15) is 5.26 Å². The molecular formula is C13H12FN3O2. The molecule has 0 radical (unpaired) electrons. The molecule has 98 valence electrons. The Hall–Kier alpha value is -2.42. The van der Waals surface area contributed by atoms with E-state index in [0.717, 1.165) is 4.90 Å². The van der Waals surface area contributed by atoms with Gasteiger partial charge in [-0.15, -0.1) is 0 Å². The third-order valence-electron chi connectivity index (χ3n) is 3.22. The number of imide groups is 1. The lowest BCUT2D eigenvalue weighted by Gasteiger charge is -2.12. The van der Waals surface area contributed by atoms with Crippen molar-refractivity contribution in [2.24, 2.45) is 11.7 Å². The summed E-state index contributed by atoms with van der Waals surface area (Å²) in [5, 5.41) is 8.77. The summed E-state index contributed by atoms with van der Waals surface area (Å²) in [6.07, 6.45) is 0.627. The first-order valence-corrected chi connectivity index (χ1v) is 5.82. The normalized spacial score (nSPS) is 18.4. The molecule has 1 aliphatic rings. The highest BCUT2D eigenvalue weighted by Crippen LogP contribution is 2.24. The van der Waals surface area contributed by atoms with E-state index >= 15 is 0 Å². The van der Waals surface area contributed by atoms with Gasteiger partial charge in [-0.05, 0) is 36.6 Å². The van der Waals surface area contributed by atoms with Crippen molar-refractivity contribution in [3.8, 4) is 6.07 Å². The molecule has 2 rings (SSSR count). The number of amides is 3. The summed E-state index contributed by atoms with van der Waals surface area (Å²) in [6.45, 7) is 0.262. The second-order valence-corrected chi connectivity index (χ2v) is 4.44. The smallest absolute Gasteiger partial charge is 0.321 e. The van der Waals surface area contributed by atoms with Gasteiger partial charge in [-0.3, -0.25) is 9.69 Å². The molecular weight excluding hydrogens is 249 g/mol. The minimum atomic E-state index is -0.779. The molecule has 6 heteroatoms. The fourth-order valence-electron chi connectivity index (χ4n) is 2.21. The number of halogens is 1. The van der Waals surface area contributed by atoms with E-state index in [2.05, 4.69) is 0 Å². The molecule has 5 nitrogen and oxygen atoms in total. The average molecular weight is 261 g/mol. The van der Waals surface area contributed by atoms with Crippen LogP contribution in [0.5, 0.6) is 0 Å². The highest BCUT2D eigenvalue weighted by atomic mass is 19.1. The summed E-state index contributed by atoms with van der Waals surface area (Å²) in [5.74, 6) is -1.30. The predicted octanol–water partition coefficient (Wildman–Crippen LogP) is 1.17. The van der Waals surface area contributed by atoms with Crippen LogP contribution in [0.4, 0.5) is 9.18 Å². The van der Waals surface area contributed by atoms with E-state index in [1.165, 1.54) is 18.2 Å². The molecule has 1 heterocycles. The zero-order chi connectivity index (χ0) is 14.0. The monoisotopic (exact) mass is 261 g/mol. The van der Waals surface area contributed by atoms with Gasteiger partial charge in [0.25, 0.3) is 0 Å². The van der Waals surface area contributed by atoms with Crippen molar-refractivity contribution in [2.45, 2.75) is 12.8 Å². The van der Waals surface area contributed by atoms with Crippen LogP contribution < -0.4 is 5.73 Å². The lowest BCUT2D eigenvalue weighted by atomic mass is 9.96. The number of likely N-dealkylation sites (tertiary alicyclic amines) is 1. The molecule has 1 aromatic rings. The number of rotatable bonds is 2. The summed E-state index contributed by atoms with van der Waals surface area (Å²) in [7, 11) is 0. The third kappa shape index (κ3) is 2.55. The number of benzene rings is 1. The van der Waals surface area contributed by atoms with E-state index in [9.17, 15) is 14.0 Å². The summed E-state index contributed by atoms with van der Waals surface area (Å²) < 4.78 is 13.6. The van der Waals surface area contributed by atoms with Gasteiger partial charge >= 0.3 is 6.03 Å². The number of primary amides is 1. The summed E-state index contributed by atoms with van der Waals surface area (Å²) in [4.78, 5) is 23.8. The average Bonchev–Trinajstić information content (AvgIpc) is 2.74. The first-order valence-electron chi connectivity index (χ1n) is 5.82. The Bertz CT molecular complexity index is 580. The second-order valence-electron chi connectivity index (χ2n) is 4.44. The van der Waals surface area contributed by atoms with Crippen molar-refractivity contribution >= 4 is 11.9 Å². The van der Waals surface area contributed by atoms with Crippen LogP contribution in [0.1, 0.15) is 17.5 Å². The lowest BCUT2D eigenvalue weighted by Crippen LogP contribution is -2.38. The van der Waals surface area contributed by atoms with Crippen LogP contribution in [0.25, 0.3) is 0 Å². The van der Waals surface area contributed by atoms with Crippen LogP contribution in [-0.4, -0.2) is 23.4 Å². The Morgan fingerprint density at radius 1 is 1.58 bits per heavy atom. The van der Waals surface area contributed by atoms with Crippen LogP contribution >= 0.6 is 0 Å². The Morgan fingerprint density at radius 2 is 2.32 bits per heavy atom. The largest absolute Gasteiger partial charge is 0.351 e. The van der Waals surface area contributed by atoms with E-state index in [1.807, 2.05) is 6.07 Å². The Balaban J connectivity index is 2.17. The number of carbonyl (C=O) groups is 2.